The van der Waals surface area contributed by atoms with Crippen LogP contribution in [0.3, 0.4) is 0 Å². The number of nitrogens with zero attached hydrogens (tertiary/aromatic N) is 2. The zero-order chi connectivity index (χ0) is 12.7. The van der Waals surface area contributed by atoms with E-state index in [9.17, 15) is 0 Å². The van der Waals surface area contributed by atoms with Crippen LogP contribution in [-0.4, -0.2) is 16.7 Å². The minimum Gasteiger partial charge on any atom is -0.494 e. The van der Waals surface area contributed by atoms with Crippen LogP contribution in [0.25, 0.3) is 11.0 Å². The van der Waals surface area contributed by atoms with E-state index < -0.39 is 0 Å². The largest absolute Gasteiger partial charge is 0.494 e. The Morgan fingerprint density at radius 2 is 2.33 bits per heavy atom. The van der Waals surface area contributed by atoms with Crippen molar-refractivity contribution in [3.8, 4) is 5.75 Å². The summed E-state index contributed by atoms with van der Waals surface area (Å²) in [6.45, 7) is 2.24. The molecule has 1 aromatic carbocycles. The second kappa shape index (κ2) is 4.47. The van der Waals surface area contributed by atoms with Crippen LogP contribution in [0.1, 0.15) is 31.6 Å². The Kier molecular flexibility index (Phi) is 2.94. The molecular formula is C14H17ClN2O. The van der Waals surface area contributed by atoms with Gasteiger partial charge in [0, 0.05) is 6.04 Å². The number of hydrogen-bond donors (Lipinski definition) is 0. The van der Waals surface area contributed by atoms with E-state index in [1.54, 1.807) is 7.11 Å². The van der Waals surface area contributed by atoms with E-state index in [1.807, 2.05) is 12.1 Å². The van der Waals surface area contributed by atoms with Crippen molar-refractivity contribution < 1.29 is 4.74 Å². The monoisotopic (exact) mass is 264 g/mol. The number of rotatable bonds is 4. The van der Waals surface area contributed by atoms with Crippen molar-refractivity contribution in [2.45, 2.75) is 31.7 Å². The van der Waals surface area contributed by atoms with Gasteiger partial charge in [0.25, 0.3) is 0 Å². The molecular weight excluding hydrogens is 248 g/mol. The fourth-order valence-corrected chi connectivity index (χ4v) is 2.94. The molecule has 1 heterocycles. The van der Waals surface area contributed by atoms with Crippen LogP contribution in [0, 0.1) is 5.92 Å². The number of ether oxygens (including phenoxy) is 1. The van der Waals surface area contributed by atoms with Crippen molar-refractivity contribution in [1.82, 2.24) is 9.55 Å². The molecule has 1 aromatic heterocycles. The molecule has 1 saturated carbocycles. The minimum absolute atomic E-state index is 0.449. The second-order valence-corrected chi connectivity index (χ2v) is 5.10. The summed E-state index contributed by atoms with van der Waals surface area (Å²) in [4.78, 5) is 4.64. The third-order valence-corrected chi connectivity index (χ3v) is 4.08. The van der Waals surface area contributed by atoms with Crippen LogP contribution in [0.15, 0.2) is 18.2 Å². The van der Waals surface area contributed by atoms with Crippen LogP contribution >= 0.6 is 11.6 Å². The molecule has 1 fully saturated rings. The fourth-order valence-electron chi connectivity index (χ4n) is 2.76. The summed E-state index contributed by atoms with van der Waals surface area (Å²) in [7, 11) is 1.68. The van der Waals surface area contributed by atoms with Gasteiger partial charge in [0.05, 0.1) is 18.5 Å². The van der Waals surface area contributed by atoms with Crippen LogP contribution in [-0.2, 0) is 5.88 Å². The summed E-state index contributed by atoms with van der Waals surface area (Å²) >= 11 is 6.04. The number of alkyl halides is 1. The van der Waals surface area contributed by atoms with E-state index in [4.69, 9.17) is 16.3 Å². The van der Waals surface area contributed by atoms with E-state index in [0.717, 1.165) is 28.5 Å². The smallest absolute Gasteiger partial charge is 0.146 e. The number of halogens is 1. The van der Waals surface area contributed by atoms with Crippen molar-refractivity contribution >= 4 is 22.6 Å². The predicted molar refractivity (Wildman–Crippen MR) is 73.3 cm³/mol. The Morgan fingerprint density at radius 1 is 1.50 bits per heavy atom. The molecule has 3 rings (SSSR count). The first-order valence-corrected chi connectivity index (χ1v) is 6.93. The van der Waals surface area contributed by atoms with Crippen molar-refractivity contribution in [3.05, 3.63) is 24.0 Å². The third-order valence-electron chi connectivity index (χ3n) is 3.84. The lowest BCUT2D eigenvalue weighted by molar-refractivity contribution is 0.419. The SMILES string of the molecule is CCC1CC1n1c(CCl)nc2c(OC)cccc21. The average Bonchev–Trinajstić information content (AvgIpc) is 3.09. The van der Waals surface area contributed by atoms with Crippen molar-refractivity contribution in [2.24, 2.45) is 5.92 Å². The highest BCUT2D eigenvalue weighted by Gasteiger charge is 2.39. The third kappa shape index (κ3) is 1.69. The molecule has 0 N–H and O–H groups in total. The van der Waals surface area contributed by atoms with Gasteiger partial charge < -0.3 is 9.30 Å². The van der Waals surface area contributed by atoms with Gasteiger partial charge >= 0.3 is 0 Å². The predicted octanol–water partition coefficient (Wildman–Crippen LogP) is 3.75. The number of fused-ring (bicyclic) bond motifs is 1. The van der Waals surface area contributed by atoms with E-state index in [1.165, 1.54) is 12.8 Å². The standard InChI is InChI=1S/C14H17ClN2O/c1-3-9-7-11(9)17-10-5-4-6-12(18-2)14(10)16-13(17)8-15/h4-6,9,11H,3,7-8H2,1-2H3. The lowest BCUT2D eigenvalue weighted by atomic mass is 10.3. The fraction of sp³-hybridized carbons (Fsp3) is 0.500. The lowest BCUT2D eigenvalue weighted by Crippen LogP contribution is -2.01. The normalized spacial score (nSPS) is 22.4. The summed E-state index contributed by atoms with van der Waals surface area (Å²) in [6, 6.07) is 6.63. The first-order chi connectivity index (χ1) is 8.80. The quantitative estimate of drug-likeness (QED) is 0.787. The molecule has 0 saturated heterocycles. The van der Waals surface area contributed by atoms with Gasteiger partial charge in [-0.1, -0.05) is 19.4 Å². The maximum absolute atomic E-state index is 6.04. The summed E-state index contributed by atoms with van der Waals surface area (Å²) in [5, 5.41) is 0. The van der Waals surface area contributed by atoms with E-state index >= 15 is 0 Å². The average molecular weight is 265 g/mol. The molecule has 1 aliphatic rings. The molecule has 0 amide bonds. The Labute approximate surface area is 112 Å². The maximum atomic E-state index is 6.04. The molecule has 0 bridgehead atoms. The first-order valence-electron chi connectivity index (χ1n) is 6.40. The molecule has 96 valence electrons. The molecule has 0 aliphatic heterocycles. The highest BCUT2D eigenvalue weighted by Crippen LogP contribution is 2.48. The number of aromatic nitrogens is 2. The molecule has 0 spiro atoms. The zero-order valence-corrected chi connectivity index (χ0v) is 11.4. The van der Waals surface area contributed by atoms with Crippen molar-refractivity contribution in [3.63, 3.8) is 0 Å². The molecule has 1 aliphatic carbocycles. The van der Waals surface area contributed by atoms with Gasteiger partial charge in [0.2, 0.25) is 0 Å². The van der Waals surface area contributed by atoms with Crippen LogP contribution in [0.5, 0.6) is 5.75 Å². The van der Waals surface area contributed by atoms with Gasteiger partial charge in [0.15, 0.2) is 0 Å². The van der Waals surface area contributed by atoms with Crippen molar-refractivity contribution in [1.29, 1.82) is 0 Å². The molecule has 2 aromatic rings. The van der Waals surface area contributed by atoms with Gasteiger partial charge in [-0.05, 0) is 24.5 Å². The highest BCUT2D eigenvalue weighted by atomic mass is 35.5. The topological polar surface area (TPSA) is 27.1 Å². The number of hydrogen-bond acceptors (Lipinski definition) is 2. The van der Waals surface area contributed by atoms with E-state index in [-0.39, 0.29) is 0 Å². The molecule has 3 nitrogen and oxygen atoms in total. The van der Waals surface area contributed by atoms with Gasteiger partial charge in [-0.25, -0.2) is 4.98 Å². The van der Waals surface area contributed by atoms with Crippen molar-refractivity contribution in [2.75, 3.05) is 7.11 Å². The first kappa shape index (κ1) is 11.8. The number of benzene rings is 1. The van der Waals surface area contributed by atoms with Crippen LogP contribution < -0.4 is 4.74 Å². The summed E-state index contributed by atoms with van der Waals surface area (Å²) in [5.41, 5.74) is 2.07. The van der Waals surface area contributed by atoms with Gasteiger partial charge in [0.1, 0.15) is 17.1 Å². The molecule has 2 atom stereocenters. The van der Waals surface area contributed by atoms with Crippen LogP contribution in [0.4, 0.5) is 0 Å². The number of para-hydroxylation sites is 1. The van der Waals surface area contributed by atoms with Gasteiger partial charge in [-0.3, -0.25) is 0 Å². The summed E-state index contributed by atoms with van der Waals surface area (Å²) < 4.78 is 7.68. The lowest BCUT2D eigenvalue weighted by Gasteiger charge is -2.07. The highest BCUT2D eigenvalue weighted by molar-refractivity contribution is 6.16. The maximum Gasteiger partial charge on any atom is 0.146 e. The zero-order valence-electron chi connectivity index (χ0n) is 10.7. The van der Waals surface area contributed by atoms with E-state index in [2.05, 4.69) is 22.5 Å². The van der Waals surface area contributed by atoms with E-state index in [0.29, 0.717) is 11.9 Å². The summed E-state index contributed by atoms with van der Waals surface area (Å²) in [6.07, 6.45) is 2.46. The molecule has 0 radical (unpaired) electrons. The molecule has 2 unspecified atom stereocenters. The minimum atomic E-state index is 0.449. The van der Waals surface area contributed by atoms with Crippen LogP contribution in [0.2, 0.25) is 0 Å². The molecule has 18 heavy (non-hydrogen) atoms. The second-order valence-electron chi connectivity index (χ2n) is 4.83. The molecule has 4 heteroatoms. The Hall–Kier alpha value is -1.22. The Balaban J connectivity index is 2.17. The number of methoxy groups -OCH3 is 1. The van der Waals surface area contributed by atoms with Gasteiger partial charge in [-0.15, -0.1) is 11.6 Å². The number of imidazole rings is 1. The summed E-state index contributed by atoms with van der Waals surface area (Å²) in [5.74, 6) is 3.00. The van der Waals surface area contributed by atoms with Gasteiger partial charge in [-0.2, -0.15) is 0 Å². The Bertz CT molecular complexity index is 578. The Morgan fingerprint density at radius 3 is 2.94 bits per heavy atom.